The van der Waals surface area contributed by atoms with Crippen molar-refractivity contribution in [3.63, 3.8) is 0 Å². The van der Waals surface area contributed by atoms with Crippen LogP contribution < -0.4 is 0 Å². The summed E-state index contributed by atoms with van der Waals surface area (Å²) in [6.07, 6.45) is 0. The monoisotopic (exact) mass is 328 g/mol. The Bertz CT molecular complexity index is 497. The second-order valence-electron chi connectivity index (χ2n) is 7.39. The van der Waals surface area contributed by atoms with E-state index in [-0.39, 0.29) is 10.8 Å². The third-order valence-corrected chi connectivity index (χ3v) is 4.40. The largest absolute Gasteiger partial charge is 0.508 e. The molecule has 0 atom stereocenters. The zero-order chi connectivity index (χ0) is 17.1. The van der Waals surface area contributed by atoms with E-state index in [9.17, 15) is 5.11 Å². The highest BCUT2D eigenvalue weighted by Gasteiger charge is 2.25. The third kappa shape index (κ3) is 4.92. The topological polar surface area (TPSA) is 47.9 Å². The quantitative estimate of drug-likeness (QED) is 0.771. The summed E-state index contributed by atoms with van der Waals surface area (Å²) in [5.41, 5.74) is 2.81. The molecular formula is C17H29O4P. The van der Waals surface area contributed by atoms with Gasteiger partial charge in [0.1, 0.15) is 5.75 Å². The summed E-state index contributed by atoms with van der Waals surface area (Å²) in [4.78, 5) is 0. The minimum absolute atomic E-state index is 0.0878. The minimum Gasteiger partial charge on any atom is -0.508 e. The SMILES string of the molecule is COP(OC)OCc1cc(C(C)(C)C)c(O)cc1C(C)(C)C. The Balaban J connectivity index is 3.26. The Morgan fingerprint density at radius 3 is 1.82 bits per heavy atom. The van der Waals surface area contributed by atoms with Crippen LogP contribution in [-0.2, 0) is 31.0 Å². The first-order valence-electron chi connectivity index (χ1n) is 7.38. The average Bonchev–Trinajstić information content (AvgIpc) is 2.38. The Hall–Kier alpha value is -0.670. The summed E-state index contributed by atoms with van der Waals surface area (Å²) in [6.45, 7) is 13.0. The van der Waals surface area contributed by atoms with Crippen molar-refractivity contribution in [2.45, 2.75) is 59.0 Å². The van der Waals surface area contributed by atoms with Gasteiger partial charge in [0.2, 0.25) is 0 Å². The smallest absolute Gasteiger partial charge is 0.332 e. The molecule has 126 valence electrons. The number of rotatable bonds is 5. The Morgan fingerprint density at radius 2 is 1.41 bits per heavy atom. The highest BCUT2D eigenvalue weighted by Crippen LogP contribution is 2.41. The van der Waals surface area contributed by atoms with Crippen molar-refractivity contribution in [2.75, 3.05) is 14.2 Å². The Morgan fingerprint density at radius 1 is 0.909 bits per heavy atom. The van der Waals surface area contributed by atoms with Crippen LogP contribution >= 0.6 is 8.60 Å². The van der Waals surface area contributed by atoms with Crippen LogP contribution in [0.2, 0.25) is 0 Å². The van der Waals surface area contributed by atoms with Crippen molar-refractivity contribution in [3.05, 3.63) is 28.8 Å². The fourth-order valence-electron chi connectivity index (χ4n) is 2.35. The molecule has 0 aliphatic heterocycles. The van der Waals surface area contributed by atoms with E-state index in [0.717, 1.165) is 16.7 Å². The predicted molar refractivity (Wildman–Crippen MR) is 91.2 cm³/mol. The molecule has 0 aromatic heterocycles. The van der Waals surface area contributed by atoms with Gasteiger partial charge in [-0.3, -0.25) is 0 Å². The normalized spacial score (nSPS) is 13.0. The molecule has 0 spiro atoms. The van der Waals surface area contributed by atoms with Crippen LogP contribution in [0.25, 0.3) is 0 Å². The molecule has 0 aliphatic carbocycles. The fourth-order valence-corrected chi connectivity index (χ4v) is 2.96. The van der Waals surface area contributed by atoms with E-state index in [1.807, 2.05) is 12.1 Å². The number of aromatic hydroxyl groups is 1. The molecule has 0 radical (unpaired) electrons. The molecule has 4 nitrogen and oxygen atoms in total. The van der Waals surface area contributed by atoms with Gasteiger partial charge >= 0.3 is 8.60 Å². The summed E-state index contributed by atoms with van der Waals surface area (Å²) in [7, 11) is 1.80. The zero-order valence-corrected chi connectivity index (χ0v) is 15.9. The van der Waals surface area contributed by atoms with Crippen LogP contribution in [0.4, 0.5) is 0 Å². The summed E-state index contributed by atoms with van der Waals surface area (Å²) in [5.74, 6) is 0.335. The molecule has 1 rings (SSSR count). The van der Waals surface area contributed by atoms with E-state index >= 15 is 0 Å². The second kappa shape index (κ2) is 7.27. The molecule has 22 heavy (non-hydrogen) atoms. The molecule has 0 amide bonds. The van der Waals surface area contributed by atoms with E-state index in [2.05, 4.69) is 41.5 Å². The molecule has 0 heterocycles. The number of hydrogen-bond donors (Lipinski definition) is 1. The lowest BCUT2D eigenvalue weighted by Gasteiger charge is -2.28. The molecule has 1 N–H and O–H groups in total. The van der Waals surface area contributed by atoms with Gasteiger partial charge in [0.05, 0.1) is 6.61 Å². The van der Waals surface area contributed by atoms with E-state index in [1.165, 1.54) is 0 Å². The van der Waals surface area contributed by atoms with Crippen LogP contribution in [-0.4, -0.2) is 19.3 Å². The first-order chi connectivity index (χ1) is 10.0. The minimum atomic E-state index is -1.34. The van der Waals surface area contributed by atoms with Gasteiger partial charge in [-0.15, -0.1) is 0 Å². The van der Waals surface area contributed by atoms with E-state index < -0.39 is 8.60 Å². The first-order valence-corrected chi connectivity index (χ1v) is 8.48. The highest BCUT2D eigenvalue weighted by molar-refractivity contribution is 7.41. The summed E-state index contributed by atoms with van der Waals surface area (Å²) in [5, 5.41) is 10.4. The molecule has 1 aromatic carbocycles. The van der Waals surface area contributed by atoms with Crippen LogP contribution in [0, 0.1) is 0 Å². The van der Waals surface area contributed by atoms with Crippen LogP contribution in [0.3, 0.4) is 0 Å². The van der Waals surface area contributed by atoms with E-state index in [0.29, 0.717) is 12.4 Å². The standard InChI is InChI=1S/C17H29O4P/c1-16(2,3)13-10-15(18)14(17(4,5)6)9-12(13)11-21-22(19-7)20-8/h9-10,18H,11H2,1-8H3. The van der Waals surface area contributed by atoms with Gasteiger partial charge < -0.3 is 18.7 Å². The van der Waals surface area contributed by atoms with Crippen LogP contribution in [0.5, 0.6) is 5.75 Å². The summed E-state index contributed by atoms with van der Waals surface area (Å²) >= 11 is 0. The second-order valence-corrected chi connectivity index (χ2v) is 8.82. The van der Waals surface area contributed by atoms with E-state index in [1.54, 1.807) is 14.2 Å². The maximum atomic E-state index is 10.4. The van der Waals surface area contributed by atoms with Gasteiger partial charge in [0.15, 0.2) is 0 Å². The number of phenolic OH excluding ortho intramolecular Hbond substituents is 1. The van der Waals surface area contributed by atoms with Crippen molar-refractivity contribution in [3.8, 4) is 5.75 Å². The molecule has 0 unspecified atom stereocenters. The van der Waals surface area contributed by atoms with Gasteiger partial charge in [0, 0.05) is 14.2 Å². The van der Waals surface area contributed by atoms with Gasteiger partial charge in [-0.25, -0.2) is 0 Å². The molecular weight excluding hydrogens is 299 g/mol. The molecule has 1 aromatic rings. The van der Waals surface area contributed by atoms with Gasteiger partial charge in [-0.05, 0) is 39.7 Å². The number of hydrogen-bond acceptors (Lipinski definition) is 4. The number of benzene rings is 1. The van der Waals surface area contributed by atoms with Crippen molar-refractivity contribution in [2.24, 2.45) is 0 Å². The zero-order valence-electron chi connectivity index (χ0n) is 15.0. The summed E-state index contributed by atoms with van der Waals surface area (Å²) in [6, 6.07) is 3.90. The third-order valence-electron chi connectivity index (χ3n) is 3.46. The maximum absolute atomic E-state index is 10.4. The molecule has 0 bridgehead atoms. The van der Waals surface area contributed by atoms with E-state index in [4.69, 9.17) is 13.6 Å². The molecule has 0 fully saturated rings. The van der Waals surface area contributed by atoms with Gasteiger partial charge in [0.25, 0.3) is 0 Å². The van der Waals surface area contributed by atoms with Crippen molar-refractivity contribution in [1.82, 2.24) is 0 Å². The van der Waals surface area contributed by atoms with Gasteiger partial charge in [-0.2, -0.15) is 0 Å². The average molecular weight is 328 g/mol. The lowest BCUT2D eigenvalue weighted by Crippen LogP contribution is -2.18. The lowest BCUT2D eigenvalue weighted by molar-refractivity contribution is 0.197. The van der Waals surface area contributed by atoms with Crippen molar-refractivity contribution < 1.29 is 18.7 Å². The molecule has 0 saturated carbocycles. The summed E-state index contributed by atoms with van der Waals surface area (Å²) < 4.78 is 16.0. The Kier molecular flexibility index (Phi) is 6.40. The van der Waals surface area contributed by atoms with Gasteiger partial charge in [-0.1, -0.05) is 41.5 Å². The first kappa shape index (κ1) is 19.4. The molecule has 5 heteroatoms. The number of phenols is 1. The highest BCUT2D eigenvalue weighted by atomic mass is 31.2. The molecule has 0 saturated heterocycles. The Labute approximate surface area is 135 Å². The van der Waals surface area contributed by atoms with Crippen LogP contribution in [0.15, 0.2) is 12.1 Å². The maximum Gasteiger partial charge on any atom is 0.332 e. The van der Waals surface area contributed by atoms with Crippen LogP contribution in [0.1, 0.15) is 58.2 Å². The van der Waals surface area contributed by atoms with Crippen molar-refractivity contribution in [1.29, 1.82) is 0 Å². The van der Waals surface area contributed by atoms with Crippen molar-refractivity contribution >= 4 is 8.60 Å². The fraction of sp³-hybridized carbons (Fsp3) is 0.647. The molecule has 0 aliphatic rings. The predicted octanol–water partition coefficient (Wildman–Crippen LogP) is 5.02. The lowest BCUT2D eigenvalue weighted by atomic mass is 9.79.